The van der Waals surface area contributed by atoms with Gasteiger partial charge in [-0.2, -0.15) is 0 Å². The zero-order chi connectivity index (χ0) is 24.8. The van der Waals surface area contributed by atoms with E-state index in [1.165, 1.54) is 12.1 Å². The van der Waals surface area contributed by atoms with E-state index in [0.717, 1.165) is 5.56 Å². The average molecular weight is 465 g/mol. The minimum atomic E-state index is -0.870. The first-order valence-corrected chi connectivity index (χ1v) is 11.1. The summed E-state index contributed by atoms with van der Waals surface area (Å²) in [5.41, 5.74) is 3.04. The van der Waals surface area contributed by atoms with Gasteiger partial charge >= 0.3 is 11.9 Å². The minimum Gasteiger partial charge on any atom is -0.463 e. The SMILES string of the molecule is CCOC(=O)C1=C(C)N(Cc2ccccc2)C(C)=C(C(=O)OCC)C1c1cccc([N+](=O)[O-])c1. The molecular formula is C26H28N2O6. The largest absolute Gasteiger partial charge is 0.463 e. The molecule has 0 saturated carbocycles. The fourth-order valence-corrected chi connectivity index (χ4v) is 4.21. The lowest BCUT2D eigenvalue weighted by Crippen LogP contribution is -2.35. The molecule has 0 atom stereocenters. The van der Waals surface area contributed by atoms with Crippen molar-refractivity contribution in [2.45, 2.75) is 40.2 Å². The first kappa shape index (κ1) is 24.7. The summed E-state index contributed by atoms with van der Waals surface area (Å²) in [7, 11) is 0. The summed E-state index contributed by atoms with van der Waals surface area (Å²) in [5, 5.41) is 11.4. The molecule has 1 aliphatic rings. The maximum Gasteiger partial charge on any atom is 0.336 e. The van der Waals surface area contributed by atoms with Gasteiger partial charge in [0.15, 0.2) is 0 Å². The third-order valence-corrected chi connectivity index (χ3v) is 5.76. The molecule has 1 heterocycles. The van der Waals surface area contributed by atoms with Gasteiger partial charge in [0.05, 0.1) is 35.2 Å². The number of esters is 2. The number of hydrogen-bond acceptors (Lipinski definition) is 7. The Morgan fingerprint density at radius 1 is 0.912 bits per heavy atom. The lowest BCUT2D eigenvalue weighted by Gasteiger charge is -2.38. The highest BCUT2D eigenvalue weighted by Crippen LogP contribution is 2.44. The number of carbonyl (C=O) groups is 2. The number of rotatable bonds is 8. The highest BCUT2D eigenvalue weighted by molar-refractivity contribution is 6.00. The molecule has 0 bridgehead atoms. The van der Waals surface area contributed by atoms with Crippen LogP contribution in [-0.4, -0.2) is 35.0 Å². The molecule has 0 aliphatic carbocycles. The lowest BCUT2D eigenvalue weighted by molar-refractivity contribution is -0.384. The van der Waals surface area contributed by atoms with Crippen LogP contribution in [0.15, 0.2) is 77.1 Å². The van der Waals surface area contributed by atoms with Gasteiger partial charge in [-0.25, -0.2) is 9.59 Å². The van der Waals surface area contributed by atoms with Crippen LogP contribution in [0.3, 0.4) is 0 Å². The monoisotopic (exact) mass is 464 g/mol. The van der Waals surface area contributed by atoms with Crippen molar-refractivity contribution in [3.8, 4) is 0 Å². The van der Waals surface area contributed by atoms with Crippen LogP contribution in [0.5, 0.6) is 0 Å². The smallest absolute Gasteiger partial charge is 0.336 e. The number of nitrogens with zero attached hydrogens (tertiary/aromatic N) is 2. The number of hydrogen-bond donors (Lipinski definition) is 0. The number of allylic oxidation sites excluding steroid dienone is 2. The molecule has 1 aliphatic heterocycles. The van der Waals surface area contributed by atoms with E-state index < -0.39 is 22.8 Å². The molecule has 0 saturated heterocycles. The molecular weight excluding hydrogens is 436 g/mol. The molecule has 0 spiro atoms. The second kappa shape index (κ2) is 10.8. The highest BCUT2D eigenvalue weighted by Gasteiger charge is 2.41. The van der Waals surface area contributed by atoms with E-state index in [9.17, 15) is 19.7 Å². The molecule has 0 radical (unpaired) electrons. The maximum absolute atomic E-state index is 13.2. The number of nitro benzene ring substituents is 1. The predicted octanol–water partition coefficient (Wildman–Crippen LogP) is 4.87. The average Bonchev–Trinajstić information content (AvgIpc) is 2.82. The van der Waals surface area contributed by atoms with E-state index in [1.54, 1.807) is 39.8 Å². The predicted molar refractivity (Wildman–Crippen MR) is 126 cm³/mol. The van der Waals surface area contributed by atoms with Gasteiger partial charge < -0.3 is 14.4 Å². The van der Waals surface area contributed by atoms with Crippen molar-refractivity contribution in [1.29, 1.82) is 0 Å². The summed E-state index contributed by atoms with van der Waals surface area (Å²) in [6.45, 7) is 7.71. The summed E-state index contributed by atoms with van der Waals surface area (Å²) in [5.74, 6) is -2.03. The van der Waals surface area contributed by atoms with Gasteiger partial charge in [-0.1, -0.05) is 42.5 Å². The van der Waals surface area contributed by atoms with E-state index >= 15 is 0 Å². The van der Waals surface area contributed by atoms with Crippen molar-refractivity contribution in [3.05, 3.63) is 98.4 Å². The third-order valence-electron chi connectivity index (χ3n) is 5.76. The standard InChI is InChI=1S/C26H28N2O6/c1-5-33-25(29)22-17(3)27(16-19-11-8-7-9-12-19)18(4)23(26(30)34-6-2)24(22)20-13-10-14-21(15-20)28(31)32/h7-15,24H,5-6,16H2,1-4H3. The maximum atomic E-state index is 13.2. The first-order chi connectivity index (χ1) is 16.3. The molecule has 0 fully saturated rings. The minimum absolute atomic E-state index is 0.133. The second-order valence-electron chi connectivity index (χ2n) is 7.80. The summed E-state index contributed by atoms with van der Waals surface area (Å²) < 4.78 is 10.7. The van der Waals surface area contributed by atoms with Crippen molar-refractivity contribution in [1.82, 2.24) is 4.90 Å². The number of benzene rings is 2. The molecule has 178 valence electrons. The van der Waals surface area contributed by atoms with Crippen molar-refractivity contribution < 1.29 is 24.0 Å². The fourth-order valence-electron chi connectivity index (χ4n) is 4.21. The summed E-state index contributed by atoms with van der Waals surface area (Å²) in [6.07, 6.45) is 0. The van der Waals surface area contributed by atoms with Crippen LogP contribution in [0.1, 0.15) is 44.7 Å². The number of ether oxygens (including phenoxy) is 2. The van der Waals surface area contributed by atoms with E-state index in [1.807, 2.05) is 35.2 Å². The van der Waals surface area contributed by atoms with Crippen molar-refractivity contribution >= 4 is 17.6 Å². The Labute approximate surface area is 198 Å². The summed E-state index contributed by atoms with van der Waals surface area (Å²) >= 11 is 0. The molecule has 0 unspecified atom stereocenters. The van der Waals surface area contributed by atoms with Crippen LogP contribution < -0.4 is 0 Å². The highest BCUT2D eigenvalue weighted by atomic mass is 16.6. The Morgan fingerprint density at radius 3 is 1.97 bits per heavy atom. The zero-order valence-electron chi connectivity index (χ0n) is 19.7. The van der Waals surface area contributed by atoms with Crippen LogP contribution in [0, 0.1) is 10.1 Å². The molecule has 0 aromatic heterocycles. The number of nitro groups is 1. The van der Waals surface area contributed by atoms with Gasteiger partial charge in [-0.05, 0) is 38.8 Å². The van der Waals surface area contributed by atoms with Crippen LogP contribution in [-0.2, 0) is 25.6 Å². The van der Waals surface area contributed by atoms with Crippen LogP contribution >= 0.6 is 0 Å². The van der Waals surface area contributed by atoms with Gasteiger partial charge in [0.2, 0.25) is 0 Å². The molecule has 0 N–H and O–H groups in total. The Hall–Kier alpha value is -3.94. The third kappa shape index (κ3) is 5.01. The van der Waals surface area contributed by atoms with Gasteiger partial charge in [0, 0.05) is 30.1 Å². The second-order valence-corrected chi connectivity index (χ2v) is 7.80. The van der Waals surface area contributed by atoms with Gasteiger partial charge in [-0.3, -0.25) is 10.1 Å². The first-order valence-electron chi connectivity index (χ1n) is 11.1. The normalized spacial score (nSPS) is 14.3. The van der Waals surface area contributed by atoms with E-state index in [4.69, 9.17) is 9.47 Å². The molecule has 3 rings (SSSR count). The Bertz CT molecular complexity index is 1110. The van der Waals surface area contributed by atoms with Gasteiger partial charge in [0.25, 0.3) is 5.69 Å². The van der Waals surface area contributed by atoms with Gasteiger partial charge in [0.1, 0.15) is 0 Å². The van der Waals surface area contributed by atoms with E-state index in [2.05, 4.69) is 0 Å². The van der Waals surface area contributed by atoms with E-state index in [-0.39, 0.29) is 30.0 Å². The summed E-state index contributed by atoms with van der Waals surface area (Å²) in [4.78, 5) is 39.3. The quantitative estimate of drug-likeness (QED) is 0.312. The molecule has 2 aromatic rings. The lowest BCUT2D eigenvalue weighted by atomic mass is 9.79. The molecule has 2 aromatic carbocycles. The molecule has 8 heteroatoms. The van der Waals surface area contributed by atoms with Crippen molar-refractivity contribution in [2.24, 2.45) is 0 Å². The topological polar surface area (TPSA) is 99.0 Å². The molecule has 0 amide bonds. The molecule has 34 heavy (non-hydrogen) atoms. The van der Waals surface area contributed by atoms with Crippen LogP contribution in [0.25, 0.3) is 0 Å². The van der Waals surface area contributed by atoms with Crippen molar-refractivity contribution in [2.75, 3.05) is 13.2 Å². The Morgan fingerprint density at radius 2 is 1.47 bits per heavy atom. The zero-order valence-corrected chi connectivity index (χ0v) is 19.7. The van der Waals surface area contributed by atoms with E-state index in [0.29, 0.717) is 23.5 Å². The van der Waals surface area contributed by atoms with Crippen LogP contribution in [0.4, 0.5) is 5.69 Å². The fraction of sp³-hybridized carbons (Fsp3) is 0.308. The Kier molecular flexibility index (Phi) is 7.83. The van der Waals surface area contributed by atoms with Crippen LogP contribution in [0.2, 0.25) is 0 Å². The number of non-ortho nitro benzene ring substituents is 1. The number of carbonyl (C=O) groups excluding carboxylic acids is 2. The van der Waals surface area contributed by atoms with Crippen molar-refractivity contribution in [3.63, 3.8) is 0 Å². The summed E-state index contributed by atoms with van der Waals surface area (Å²) in [6, 6.07) is 15.6. The Balaban J connectivity index is 2.26. The molecule has 8 nitrogen and oxygen atoms in total. The van der Waals surface area contributed by atoms with Gasteiger partial charge in [-0.15, -0.1) is 0 Å².